The minimum absolute atomic E-state index is 0.0101. The third-order valence-electron chi connectivity index (χ3n) is 6.86. The number of benzene rings is 1. The number of likely N-dealkylation sites (tertiary alicyclic amines) is 1. The summed E-state index contributed by atoms with van der Waals surface area (Å²) in [6, 6.07) is 8.52. The van der Waals surface area contributed by atoms with Gasteiger partial charge in [0.05, 0.1) is 12.5 Å². The van der Waals surface area contributed by atoms with Crippen molar-refractivity contribution in [1.82, 2.24) is 9.80 Å². The summed E-state index contributed by atoms with van der Waals surface area (Å²) in [6.45, 7) is 7.01. The Kier molecular flexibility index (Phi) is 6.53. The highest BCUT2D eigenvalue weighted by Gasteiger charge is 2.46. The number of amides is 1. The first-order valence-electron chi connectivity index (χ1n) is 11.4. The molecule has 5 nitrogen and oxygen atoms in total. The Morgan fingerprint density at radius 3 is 2.69 bits per heavy atom. The Labute approximate surface area is 174 Å². The highest BCUT2D eigenvalue weighted by molar-refractivity contribution is 5.80. The second-order valence-electron chi connectivity index (χ2n) is 8.90. The predicted molar refractivity (Wildman–Crippen MR) is 112 cm³/mol. The molecule has 0 unspecified atom stereocenters. The van der Waals surface area contributed by atoms with Crippen LogP contribution in [0.1, 0.15) is 43.7 Å². The molecule has 1 aromatic carbocycles. The number of nitrogens with zero attached hydrogens (tertiary/aromatic N) is 2. The summed E-state index contributed by atoms with van der Waals surface area (Å²) in [5.74, 6) is 0.532. The van der Waals surface area contributed by atoms with Crippen LogP contribution >= 0.6 is 0 Å². The number of fused-ring (bicyclic) bond motifs is 1. The van der Waals surface area contributed by atoms with Gasteiger partial charge < -0.3 is 14.5 Å². The number of hydrogen-bond donors (Lipinski definition) is 0. The zero-order valence-electron chi connectivity index (χ0n) is 17.6. The van der Waals surface area contributed by atoms with Gasteiger partial charge in [0.1, 0.15) is 0 Å². The van der Waals surface area contributed by atoms with Gasteiger partial charge in [-0.05, 0) is 75.6 Å². The van der Waals surface area contributed by atoms with E-state index in [2.05, 4.69) is 34.1 Å². The van der Waals surface area contributed by atoms with Crippen LogP contribution < -0.4 is 0 Å². The normalized spacial score (nSPS) is 26.0. The van der Waals surface area contributed by atoms with Crippen molar-refractivity contribution in [3.8, 4) is 0 Å². The number of carbonyl (C=O) groups is 2. The number of rotatable bonds is 8. The molecule has 1 saturated heterocycles. The van der Waals surface area contributed by atoms with E-state index in [1.807, 2.05) is 6.92 Å². The molecule has 3 aliphatic rings. The van der Waals surface area contributed by atoms with Gasteiger partial charge in [0.25, 0.3) is 0 Å². The van der Waals surface area contributed by atoms with Gasteiger partial charge in [0, 0.05) is 25.6 Å². The predicted octanol–water partition coefficient (Wildman–Crippen LogP) is 2.92. The zero-order valence-corrected chi connectivity index (χ0v) is 17.6. The third kappa shape index (κ3) is 5.00. The van der Waals surface area contributed by atoms with Gasteiger partial charge in [0.2, 0.25) is 5.91 Å². The molecule has 0 N–H and O–H groups in total. The third-order valence-corrected chi connectivity index (χ3v) is 6.86. The monoisotopic (exact) mass is 398 g/mol. The van der Waals surface area contributed by atoms with Gasteiger partial charge >= 0.3 is 5.97 Å². The van der Waals surface area contributed by atoms with Crippen molar-refractivity contribution in [2.75, 3.05) is 39.3 Å². The van der Waals surface area contributed by atoms with Crippen LogP contribution in [0.25, 0.3) is 0 Å². The first-order valence-corrected chi connectivity index (χ1v) is 11.4. The summed E-state index contributed by atoms with van der Waals surface area (Å²) in [5.41, 5.74) is 2.72. The molecule has 1 saturated carbocycles. The molecule has 158 valence electrons. The molecule has 0 aromatic heterocycles. The quantitative estimate of drug-likeness (QED) is 0.632. The maximum absolute atomic E-state index is 13.5. The lowest BCUT2D eigenvalue weighted by atomic mass is 9.83. The molecule has 3 atom stereocenters. The fourth-order valence-corrected chi connectivity index (χ4v) is 5.00. The second kappa shape index (κ2) is 9.29. The van der Waals surface area contributed by atoms with Crippen LogP contribution in [0.4, 0.5) is 0 Å². The van der Waals surface area contributed by atoms with Crippen molar-refractivity contribution in [2.24, 2.45) is 17.8 Å². The topological polar surface area (TPSA) is 49.9 Å². The molecular formula is C24H34N2O3. The Morgan fingerprint density at radius 2 is 1.93 bits per heavy atom. The summed E-state index contributed by atoms with van der Waals surface area (Å²) in [6.07, 6.45) is 6.16. The summed E-state index contributed by atoms with van der Waals surface area (Å²) >= 11 is 0. The van der Waals surface area contributed by atoms with Crippen molar-refractivity contribution in [1.29, 1.82) is 0 Å². The fourth-order valence-electron chi connectivity index (χ4n) is 5.00. The van der Waals surface area contributed by atoms with Gasteiger partial charge in [0.15, 0.2) is 0 Å². The van der Waals surface area contributed by atoms with E-state index in [-0.39, 0.29) is 29.6 Å². The lowest BCUT2D eigenvalue weighted by Gasteiger charge is -2.31. The zero-order chi connectivity index (χ0) is 20.2. The Balaban J connectivity index is 1.39. The summed E-state index contributed by atoms with van der Waals surface area (Å²) in [5, 5.41) is 0. The van der Waals surface area contributed by atoms with Crippen molar-refractivity contribution >= 4 is 11.9 Å². The summed E-state index contributed by atoms with van der Waals surface area (Å²) in [4.78, 5) is 30.0. The number of ether oxygens (including phenoxy) is 1. The van der Waals surface area contributed by atoms with E-state index in [9.17, 15) is 9.59 Å². The summed E-state index contributed by atoms with van der Waals surface area (Å²) < 4.78 is 5.18. The average molecular weight is 399 g/mol. The minimum Gasteiger partial charge on any atom is -0.466 e. The van der Waals surface area contributed by atoms with Gasteiger partial charge in [-0.25, -0.2) is 0 Å². The first-order chi connectivity index (χ1) is 14.2. The smallest absolute Gasteiger partial charge is 0.309 e. The van der Waals surface area contributed by atoms with Crippen LogP contribution in [0.3, 0.4) is 0 Å². The van der Waals surface area contributed by atoms with Gasteiger partial charge in [-0.15, -0.1) is 0 Å². The van der Waals surface area contributed by atoms with Gasteiger partial charge in [-0.2, -0.15) is 0 Å². The summed E-state index contributed by atoms with van der Waals surface area (Å²) in [7, 11) is 0. The fraction of sp³-hybridized carbons (Fsp3) is 0.667. The van der Waals surface area contributed by atoms with Crippen molar-refractivity contribution in [3.05, 3.63) is 35.4 Å². The van der Waals surface area contributed by atoms with E-state index >= 15 is 0 Å². The molecule has 4 rings (SSSR count). The number of hydrogen-bond acceptors (Lipinski definition) is 4. The molecular weight excluding hydrogens is 364 g/mol. The molecule has 1 aliphatic heterocycles. The van der Waals surface area contributed by atoms with Crippen molar-refractivity contribution < 1.29 is 14.3 Å². The van der Waals surface area contributed by atoms with E-state index in [0.29, 0.717) is 13.2 Å². The molecule has 0 bridgehead atoms. The molecule has 0 spiro atoms. The Morgan fingerprint density at radius 1 is 1.17 bits per heavy atom. The lowest BCUT2D eigenvalue weighted by molar-refractivity contribution is -0.145. The van der Waals surface area contributed by atoms with E-state index in [1.165, 1.54) is 24.0 Å². The highest BCUT2D eigenvalue weighted by Crippen LogP contribution is 2.40. The lowest BCUT2D eigenvalue weighted by Crippen LogP contribution is -2.43. The SMILES string of the molecule is CCOC(=O)[C@H]1C[C@H]1CN(CCN1CCCC1)C(=O)[C@@H]1CCc2ccccc2C1. The van der Waals surface area contributed by atoms with Crippen molar-refractivity contribution in [2.45, 2.75) is 45.4 Å². The van der Waals surface area contributed by atoms with E-state index in [4.69, 9.17) is 4.74 Å². The molecule has 2 fully saturated rings. The van der Waals surface area contributed by atoms with Gasteiger partial charge in [-0.3, -0.25) is 9.59 Å². The van der Waals surface area contributed by atoms with Crippen LogP contribution in [0.2, 0.25) is 0 Å². The van der Waals surface area contributed by atoms with Gasteiger partial charge in [-0.1, -0.05) is 24.3 Å². The minimum atomic E-state index is -0.0870. The number of aryl methyl sites for hydroxylation is 1. The molecule has 29 heavy (non-hydrogen) atoms. The number of carbonyl (C=O) groups excluding carboxylic acids is 2. The Hall–Kier alpha value is -1.88. The molecule has 1 aromatic rings. The van der Waals surface area contributed by atoms with E-state index in [1.54, 1.807) is 0 Å². The molecule has 2 aliphatic carbocycles. The molecule has 0 radical (unpaired) electrons. The molecule has 1 amide bonds. The van der Waals surface area contributed by atoms with Crippen LogP contribution in [0, 0.1) is 17.8 Å². The van der Waals surface area contributed by atoms with Crippen LogP contribution in [-0.2, 0) is 27.2 Å². The molecule has 5 heteroatoms. The van der Waals surface area contributed by atoms with Crippen LogP contribution in [0.15, 0.2) is 24.3 Å². The second-order valence-corrected chi connectivity index (χ2v) is 8.90. The Bertz CT molecular complexity index is 729. The average Bonchev–Trinajstić information content (AvgIpc) is 3.32. The molecule has 1 heterocycles. The maximum Gasteiger partial charge on any atom is 0.309 e. The van der Waals surface area contributed by atoms with Crippen molar-refractivity contribution in [3.63, 3.8) is 0 Å². The van der Waals surface area contributed by atoms with E-state index in [0.717, 1.165) is 51.9 Å². The van der Waals surface area contributed by atoms with Crippen LogP contribution in [0.5, 0.6) is 0 Å². The first kappa shape index (κ1) is 20.4. The standard InChI is InChI=1S/C24H34N2O3/c1-2-29-24(28)22-16-21(22)17-26(14-13-25-11-5-6-12-25)23(27)20-10-9-18-7-3-4-8-19(18)15-20/h3-4,7-8,20-22H,2,5-6,9-17H2,1H3/t20-,21+,22+/m1/s1. The largest absolute Gasteiger partial charge is 0.466 e. The van der Waals surface area contributed by atoms with Crippen LogP contribution in [-0.4, -0.2) is 61.0 Å². The maximum atomic E-state index is 13.5. The highest BCUT2D eigenvalue weighted by atomic mass is 16.5. The number of esters is 1. The van der Waals surface area contributed by atoms with E-state index < -0.39 is 0 Å².